The third kappa shape index (κ3) is 4.48. The van der Waals surface area contributed by atoms with Crippen molar-refractivity contribution >= 4 is 0 Å². The number of hydrogen-bond acceptors (Lipinski definition) is 5. The minimum absolute atomic E-state index is 0.00531. The summed E-state index contributed by atoms with van der Waals surface area (Å²) < 4.78 is 10.7. The first-order valence-corrected chi connectivity index (χ1v) is 6.87. The zero-order valence-corrected chi connectivity index (χ0v) is 11.3. The van der Waals surface area contributed by atoms with Crippen LogP contribution in [-0.4, -0.2) is 53.1 Å². The van der Waals surface area contributed by atoms with E-state index in [2.05, 4.69) is 13.8 Å². The van der Waals surface area contributed by atoms with Gasteiger partial charge in [0.1, 0.15) is 18.3 Å². The number of aliphatic hydroxyl groups excluding tert-OH is 3. The van der Waals surface area contributed by atoms with Gasteiger partial charge in [0, 0.05) is 0 Å². The number of unbranched alkanes of at least 4 members (excludes halogenated alkanes) is 1. The van der Waals surface area contributed by atoms with E-state index in [1.54, 1.807) is 0 Å². The maximum Gasteiger partial charge on any atom is 0.186 e. The predicted molar refractivity (Wildman–Crippen MR) is 67.0 cm³/mol. The molecule has 5 atom stereocenters. The SMILES string of the molecule is CCCCC(CC)COC1OC[C@@H](O)[C@H](O)[C@H]1O. The molecule has 0 aromatic heterocycles. The van der Waals surface area contributed by atoms with Gasteiger partial charge in [0.2, 0.25) is 0 Å². The van der Waals surface area contributed by atoms with Gasteiger partial charge in [-0.15, -0.1) is 0 Å². The van der Waals surface area contributed by atoms with Crippen molar-refractivity contribution in [2.75, 3.05) is 13.2 Å². The molecule has 2 unspecified atom stereocenters. The molecular weight excluding hydrogens is 236 g/mol. The van der Waals surface area contributed by atoms with Gasteiger partial charge in [-0.3, -0.25) is 0 Å². The summed E-state index contributed by atoms with van der Waals surface area (Å²) in [6, 6.07) is 0. The van der Waals surface area contributed by atoms with E-state index in [4.69, 9.17) is 9.47 Å². The summed E-state index contributed by atoms with van der Waals surface area (Å²) in [5, 5.41) is 28.5. The highest BCUT2D eigenvalue weighted by molar-refractivity contribution is 4.82. The van der Waals surface area contributed by atoms with E-state index in [-0.39, 0.29) is 6.61 Å². The molecule has 0 aromatic rings. The van der Waals surface area contributed by atoms with E-state index in [1.165, 1.54) is 0 Å². The predicted octanol–water partition coefficient (Wildman–Crippen LogP) is 0.658. The summed E-state index contributed by atoms with van der Waals surface area (Å²) >= 11 is 0. The summed E-state index contributed by atoms with van der Waals surface area (Å²) in [7, 11) is 0. The Kier molecular flexibility index (Phi) is 7.11. The molecule has 0 aromatic carbocycles. The van der Waals surface area contributed by atoms with Crippen LogP contribution in [0.3, 0.4) is 0 Å². The molecule has 1 aliphatic rings. The average Bonchev–Trinajstić information content (AvgIpc) is 2.38. The highest BCUT2D eigenvalue weighted by Crippen LogP contribution is 2.19. The molecule has 3 N–H and O–H groups in total. The first-order chi connectivity index (χ1) is 8.60. The highest BCUT2D eigenvalue weighted by Gasteiger charge is 2.38. The lowest BCUT2D eigenvalue weighted by atomic mass is 10.0. The van der Waals surface area contributed by atoms with Gasteiger partial charge in [-0.2, -0.15) is 0 Å². The third-order valence-electron chi connectivity index (χ3n) is 3.49. The quantitative estimate of drug-likeness (QED) is 0.628. The van der Waals surface area contributed by atoms with Gasteiger partial charge in [0.25, 0.3) is 0 Å². The van der Waals surface area contributed by atoms with Crippen LogP contribution in [0.5, 0.6) is 0 Å². The fourth-order valence-electron chi connectivity index (χ4n) is 2.05. The van der Waals surface area contributed by atoms with Crippen LogP contribution in [0.1, 0.15) is 39.5 Å². The zero-order valence-electron chi connectivity index (χ0n) is 11.3. The molecule has 1 rings (SSSR count). The largest absolute Gasteiger partial charge is 0.388 e. The summed E-state index contributed by atoms with van der Waals surface area (Å²) in [5.74, 6) is 0.449. The van der Waals surface area contributed by atoms with Crippen molar-refractivity contribution in [2.45, 2.75) is 64.1 Å². The van der Waals surface area contributed by atoms with Gasteiger partial charge < -0.3 is 24.8 Å². The molecule has 0 saturated carbocycles. The van der Waals surface area contributed by atoms with Crippen LogP contribution in [0.25, 0.3) is 0 Å². The molecule has 0 radical (unpaired) electrons. The minimum Gasteiger partial charge on any atom is -0.388 e. The van der Waals surface area contributed by atoms with Crippen LogP contribution >= 0.6 is 0 Å². The van der Waals surface area contributed by atoms with Crippen LogP contribution in [-0.2, 0) is 9.47 Å². The average molecular weight is 262 g/mol. The van der Waals surface area contributed by atoms with Crippen molar-refractivity contribution < 1.29 is 24.8 Å². The maximum atomic E-state index is 9.71. The van der Waals surface area contributed by atoms with E-state index < -0.39 is 24.6 Å². The Morgan fingerprint density at radius 1 is 1.22 bits per heavy atom. The third-order valence-corrected chi connectivity index (χ3v) is 3.49. The maximum absolute atomic E-state index is 9.71. The topological polar surface area (TPSA) is 79.2 Å². The number of rotatable bonds is 7. The molecule has 18 heavy (non-hydrogen) atoms. The summed E-state index contributed by atoms with van der Waals surface area (Å²) in [6.07, 6.45) is 0.189. The van der Waals surface area contributed by atoms with E-state index >= 15 is 0 Å². The number of hydrogen-bond donors (Lipinski definition) is 3. The molecule has 0 bridgehead atoms. The Morgan fingerprint density at radius 2 is 1.94 bits per heavy atom. The van der Waals surface area contributed by atoms with Crippen LogP contribution in [0.4, 0.5) is 0 Å². The Labute approximate surface area is 109 Å². The summed E-state index contributed by atoms with van der Waals surface area (Å²) in [6.45, 7) is 4.77. The molecule has 0 spiro atoms. The van der Waals surface area contributed by atoms with Gasteiger partial charge in [-0.25, -0.2) is 0 Å². The molecule has 108 valence electrons. The van der Waals surface area contributed by atoms with Gasteiger partial charge in [0.05, 0.1) is 13.2 Å². The van der Waals surface area contributed by atoms with Gasteiger partial charge >= 0.3 is 0 Å². The van der Waals surface area contributed by atoms with Crippen molar-refractivity contribution in [1.29, 1.82) is 0 Å². The number of ether oxygens (including phenoxy) is 2. The molecule has 5 heteroatoms. The van der Waals surface area contributed by atoms with Crippen LogP contribution in [0, 0.1) is 5.92 Å². The second-order valence-corrected chi connectivity index (χ2v) is 5.00. The van der Waals surface area contributed by atoms with Crippen LogP contribution in [0.2, 0.25) is 0 Å². The lowest BCUT2D eigenvalue weighted by molar-refractivity contribution is -0.272. The Bertz CT molecular complexity index is 223. The summed E-state index contributed by atoms with van der Waals surface area (Å²) in [5.41, 5.74) is 0. The lowest BCUT2D eigenvalue weighted by Crippen LogP contribution is -2.53. The number of aliphatic hydroxyl groups is 3. The molecule has 0 aliphatic carbocycles. The van der Waals surface area contributed by atoms with Crippen molar-refractivity contribution in [3.8, 4) is 0 Å². The van der Waals surface area contributed by atoms with Crippen molar-refractivity contribution in [2.24, 2.45) is 5.92 Å². The zero-order chi connectivity index (χ0) is 13.5. The fourth-order valence-corrected chi connectivity index (χ4v) is 2.05. The van der Waals surface area contributed by atoms with Crippen LogP contribution in [0.15, 0.2) is 0 Å². The monoisotopic (exact) mass is 262 g/mol. The highest BCUT2D eigenvalue weighted by atomic mass is 16.7. The normalized spacial score (nSPS) is 34.5. The second kappa shape index (κ2) is 8.07. The van der Waals surface area contributed by atoms with E-state index in [0.29, 0.717) is 12.5 Å². The van der Waals surface area contributed by atoms with Crippen molar-refractivity contribution in [1.82, 2.24) is 0 Å². The molecule has 1 fully saturated rings. The Hall–Kier alpha value is -0.200. The fraction of sp³-hybridized carbons (Fsp3) is 1.00. The molecule has 1 heterocycles. The second-order valence-electron chi connectivity index (χ2n) is 5.00. The smallest absolute Gasteiger partial charge is 0.186 e. The molecule has 1 aliphatic heterocycles. The van der Waals surface area contributed by atoms with Gasteiger partial charge in [-0.05, 0) is 12.3 Å². The molecule has 5 nitrogen and oxygen atoms in total. The first-order valence-electron chi connectivity index (χ1n) is 6.87. The van der Waals surface area contributed by atoms with Crippen molar-refractivity contribution in [3.05, 3.63) is 0 Å². The lowest BCUT2D eigenvalue weighted by Gasteiger charge is -2.35. The first kappa shape index (κ1) is 15.9. The van der Waals surface area contributed by atoms with E-state index in [9.17, 15) is 15.3 Å². The Balaban J connectivity index is 2.33. The van der Waals surface area contributed by atoms with Gasteiger partial charge in [0.15, 0.2) is 6.29 Å². The molecule has 1 saturated heterocycles. The molecular formula is C13H26O5. The summed E-state index contributed by atoms with van der Waals surface area (Å²) in [4.78, 5) is 0. The Morgan fingerprint density at radius 3 is 2.56 bits per heavy atom. The van der Waals surface area contributed by atoms with E-state index in [1.807, 2.05) is 0 Å². The minimum atomic E-state index is -1.19. The standard InChI is InChI=1S/C13H26O5/c1-3-5-6-9(4-2)7-17-13-12(16)11(15)10(14)8-18-13/h9-16H,3-8H2,1-2H3/t9?,10-,11+,12-,13?/m1/s1. The van der Waals surface area contributed by atoms with Crippen LogP contribution < -0.4 is 0 Å². The molecule has 0 amide bonds. The van der Waals surface area contributed by atoms with Gasteiger partial charge in [-0.1, -0.05) is 33.1 Å². The van der Waals surface area contributed by atoms with Crippen molar-refractivity contribution in [3.63, 3.8) is 0 Å². The van der Waals surface area contributed by atoms with E-state index in [0.717, 1.165) is 25.7 Å².